The van der Waals surface area contributed by atoms with Gasteiger partial charge >= 0.3 is 5.97 Å². The van der Waals surface area contributed by atoms with E-state index in [1.54, 1.807) is 19.1 Å². The second-order valence-corrected chi connectivity index (χ2v) is 5.35. The van der Waals surface area contributed by atoms with E-state index in [0.29, 0.717) is 24.5 Å². The minimum absolute atomic E-state index is 0.151. The van der Waals surface area contributed by atoms with E-state index < -0.39 is 0 Å². The van der Waals surface area contributed by atoms with Gasteiger partial charge in [-0.25, -0.2) is 4.79 Å². The van der Waals surface area contributed by atoms with Crippen molar-refractivity contribution in [2.45, 2.75) is 39.3 Å². The summed E-state index contributed by atoms with van der Waals surface area (Å²) in [6, 6.07) is 5.59. The average molecular weight is 292 g/mol. The molecule has 2 atom stereocenters. The molecule has 5 nitrogen and oxygen atoms in total. The Labute approximate surface area is 126 Å². The van der Waals surface area contributed by atoms with Crippen LogP contribution in [0.2, 0.25) is 0 Å². The van der Waals surface area contributed by atoms with Crippen LogP contribution in [0.25, 0.3) is 0 Å². The van der Waals surface area contributed by atoms with E-state index >= 15 is 0 Å². The Hall–Kier alpha value is -1.75. The molecular weight excluding hydrogens is 268 g/mol. The zero-order valence-corrected chi connectivity index (χ0v) is 13.0. The topological polar surface area (TPSA) is 64.8 Å². The van der Waals surface area contributed by atoms with Gasteiger partial charge in [0, 0.05) is 6.54 Å². The summed E-state index contributed by atoms with van der Waals surface area (Å²) in [7, 11) is 0. The molecule has 0 bridgehead atoms. The highest BCUT2D eigenvalue weighted by atomic mass is 16.5. The Balaban J connectivity index is 2.32. The van der Waals surface area contributed by atoms with Crippen molar-refractivity contribution in [1.29, 1.82) is 0 Å². The lowest BCUT2D eigenvalue weighted by atomic mass is 10.1. The number of nitrogen functional groups attached to an aromatic ring is 1. The van der Waals surface area contributed by atoms with Gasteiger partial charge in [0.05, 0.1) is 42.3 Å². The molecule has 116 valence electrons. The summed E-state index contributed by atoms with van der Waals surface area (Å²) in [5.74, 6) is -0.312. The average Bonchev–Trinajstić information content (AvgIpc) is 2.48. The molecule has 0 aliphatic carbocycles. The standard InChI is InChI=1S/C16H24N2O3/c1-4-13-10-21-11(3)9-18(13)15-8-12(6-7-14(15)17)16(19)20-5-2/h6-8,11,13H,4-5,9-10,17H2,1-3H3. The van der Waals surface area contributed by atoms with E-state index in [4.69, 9.17) is 15.2 Å². The molecule has 0 spiro atoms. The fraction of sp³-hybridized carbons (Fsp3) is 0.562. The summed E-state index contributed by atoms with van der Waals surface area (Å²) in [6.07, 6.45) is 1.12. The molecule has 1 fully saturated rings. The van der Waals surface area contributed by atoms with E-state index in [9.17, 15) is 4.79 Å². The maximum absolute atomic E-state index is 11.9. The van der Waals surface area contributed by atoms with Crippen molar-refractivity contribution in [2.24, 2.45) is 0 Å². The number of nitrogens with zero attached hydrogens (tertiary/aromatic N) is 1. The first kappa shape index (κ1) is 15.6. The van der Waals surface area contributed by atoms with Gasteiger partial charge in [0.1, 0.15) is 0 Å². The molecule has 2 unspecified atom stereocenters. The van der Waals surface area contributed by atoms with Gasteiger partial charge in [-0.1, -0.05) is 6.92 Å². The number of rotatable bonds is 4. The van der Waals surface area contributed by atoms with Crippen LogP contribution >= 0.6 is 0 Å². The van der Waals surface area contributed by atoms with Gasteiger partial charge < -0.3 is 20.1 Å². The minimum atomic E-state index is -0.312. The van der Waals surface area contributed by atoms with Gasteiger partial charge in [-0.2, -0.15) is 0 Å². The molecule has 2 N–H and O–H groups in total. The van der Waals surface area contributed by atoms with E-state index in [-0.39, 0.29) is 18.1 Å². The summed E-state index contributed by atoms with van der Waals surface area (Å²) in [6.45, 7) is 7.79. The van der Waals surface area contributed by atoms with Crippen LogP contribution < -0.4 is 10.6 Å². The van der Waals surface area contributed by atoms with Crippen LogP contribution in [-0.2, 0) is 9.47 Å². The van der Waals surface area contributed by atoms with Gasteiger partial charge in [0.15, 0.2) is 0 Å². The number of hydrogen-bond donors (Lipinski definition) is 1. The summed E-state index contributed by atoms with van der Waals surface area (Å²) < 4.78 is 10.8. The van der Waals surface area contributed by atoms with Crippen molar-refractivity contribution in [3.05, 3.63) is 23.8 Å². The third kappa shape index (κ3) is 3.47. The number of ether oxygens (including phenoxy) is 2. The molecule has 1 aliphatic heterocycles. The van der Waals surface area contributed by atoms with Crippen LogP contribution in [0, 0.1) is 0 Å². The van der Waals surface area contributed by atoms with Crippen molar-refractivity contribution in [1.82, 2.24) is 0 Å². The lowest BCUT2D eigenvalue weighted by Crippen LogP contribution is -2.49. The minimum Gasteiger partial charge on any atom is -0.462 e. The second kappa shape index (κ2) is 6.80. The zero-order valence-electron chi connectivity index (χ0n) is 13.0. The SMILES string of the molecule is CCOC(=O)c1ccc(N)c(N2CC(C)OCC2CC)c1. The van der Waals surface area contributed by atoms with Crippen LogP contribution in [0.1, 0.15) is 37.6 Å². The molecule has 1 aromatic carbocycles. The summed E-state index contributed by atoms with van der Waals surface area (Å²) in [5.41, 5.74) is 8.23. The molecule has 21 heavy (non-hydrogen) atoms. The number of anilines is 2. The summed E-state index contributed by atoms with van der Waals surface area (Å²) >= 11 is 0. The number of esters is 1. The Bertz CT molecular complexity index is 504. The maximum atomic E-state index is 11.9. The molecule has 1 saturated heterocycles. The quantitative estimate of drug-likeness (QED) is 0.682. The summed E-state index contributed by atoms with van der Waals surface area (Å²) in [5, 5.41) is 0. The van der Waals surface area contributed by atoms with E-state index in [0.717, 1.165) is 18.7 Å². The third-order valence-electron chi connectivity index (χ3n) is 3.79. The first-order valence-electron chi connectivity index (χ1n) is 7.51. The van der Waals surface area contributed by atoms with Crippen LogP contribution in [0.5, 0.6) is 0 Å². The monoisotopic (exact) mass is 292 g/mol. The molecule has 0 saturated carbocycles. The van der Waals surface area contributed by atoms with Crippen molar-refractivity contribution in [2.75, 3.05) is 30.4 Å². The second-order valence-electron chi connectivity index (χ2n) is 5.35. The highest BCUT2D eigenvalue weighted by Gasteiger charge is 2.27. The van der Waals surface area contributed by atoms with E-state index in [2.05, 4.69) is 11.8 Å². The highest BCUT2D eigenvalue weighted by molar-refractivity contribution is 5.92. The van der Waals surface area contributed by atoms with Crippen molar-refractivity contribution in [3.63, 3.8) is 0 Å². The van der Waals surface area contributed by atoms with Gasteiger partial charge in [-0.3, -0.25) is 0 Å². The van der Waals surface area contributed by atoms with Gasteiger partial charge in [0.2, 0.25) is 0 Å². The van der Waals surface area contributed by atoms with Crippen LogP contribution in [0.15, 0.2) is 18.2 Å². The van der Waals surface area contributed by atoms with Gasteiger partial charge in [-0.15, -0.1) is 0 Å². The predicted molar refractivity (Wildman–Crippen MR) is 83.6 cm³/mol. The molecule has 1 heterocycles. The highest BCUT2D eigenvalue weighted by Crippen LogP contribution is 2.30. The van der Waals surface area contributed by atoms with Crippen LogP contribution in [0.3, 0.4) is 0 Å². The van der Waals surface area contributed by atoms with Crippen LogP contribution in [0.4, 0.5) is 11.4 Å². The van der Waals surface area contributed by atoms with Crippen molar-refractivity contribution >= 4 is 17.3 Å². The lowest BCUT2D eigenvalue weighted by Gasteiger charge is -2.40. The number of benzene rings is 1. The molecule has 5 heteroatoms. The molecule has 0 amide bonds. The molecule has 0 aromatic heterocycles. The number of morpholine rings is 1. The Morgan fingerprint density at radius 1 is 1.48 bits per heavy atom. The van der Waals surface area contributed by atoms with E-state index in [1.807, 2.05) is 13.0 Å². The maximum Gasteiger partial charge on any atom is 0.338 e. The Kier molecular flexibility index (Phi) is 5.07. The molecule has 1 aromatic rings. The predicted octanol–water partition coefficient (Wildman–Crippen LogP) is 2.45. The number of hydrogen-bond acceptors (Lipinski definition) is 5. The molecular formula is C16H24N2O3. The van der Waals surface area contributed by atoms with Crippen molar-refractivity contribution in [3.8, 4) is 0 Å². The van der Waals surface area contributed by atoms with Gasteiger partial charge in [0.25, 0.3) is 0 Å². The fourth-order valence-corrected chi connectivity index (χ4v) is 2.61. The smallest absolute Gasteiger partial charge is 0.338 e. The number of carbonyl (C=O) groups is 1. The van der Waals surface area contributed by atoms with Gasteiger partial charge in [-0.05, 0) is 38.5 Å². The third-order valence-corrected chi connectivity index (χ3v) is 3.79. The first-order chi connectivity index (χ1) is 10.1. The molecule has 1 aliphatic rings. The Morgan fingerprint density at radius 2 is 2.24 bits per heavy atom. The molecule has 2 rings (SSSR count). The van der Waals surface area contributed by atoms with Crippen molar-refractivity contribution < 1.29 is 14.3 Å². The van der Waals surface area contributed by atoms with E-state index in [1.165, 1.54) is 0 Å². The number of nitrogens with two attached hydrogens (primary N) is 1. The summed E-state index contributed by atoms with van der Waals surface area (Å²) in [4.78, 5) is 14.1. The number of carbonyl (C=O) groups excluding carboxylic acids is 1. The first-order valence-corrected chi connectivity index (χ1v) is 7.51. The zero-order chi connectivity index (χ0) is 15.4. The van der Waals surface area contributed by atoms with Crippen LogP contribution in [-0.4, -0.2) is 37.9 Å². The Morgan fingerprint density at radius 3 is 2.90 bits per heavy atom. The fourth-order valence-electron chi connectivity index (χ4n) is 2.61. The lowest BCUT2D eigenvalue weighted by molar-refractivity contribution is 0.0300. The largest absolute Gasteiger partial charge is 0.462 e. The molecule has 0 radical (unpaired) electrons. The normalized spacial score (nSPS) is 22.1.